The topological polar surface area (TPSA) is 95.0 Å². The Labute approximate surface area is 112 Å². The number of pyridine rings is 1. The fourth-order valence-corrected chi connectivity index (χ4v) is 2.61. The van der Waals surface area contributed by atoms with Gasteiger partial charge in [-0.3, -0.25) is 4.98 Å². The van der Waals surface area contributed by atoms with Gasteiger partial charge in [-0.1, -0.05) is 5.16 Å². The normalized spacial score (nSPS) is 20.6. The molecule has 2 rings (SSSR count). The summed E-state index contributed by atoms with van der Waals surface area (Å²) in [4.78, 5) is 6.32. The highest BCUT2D eigenvalue weighted by molar-refractivity contribution is 6.02. The van der Waals surface area contributed by atoms with Crippen molar-refractivity contribution >= 4 is 11.5 Å². The third-order valence-corrected chi connectivity index (χ3v) is 3.58. The summed E-state index contributed by atoms with van der Waals surface area (Å²) in [5, 5.41) is 21.0. The van der Waals surface area contributed by atoms with Crippen molar-refractivity contribution in [1.29, 1.82) is 0 Å². The lowest BCUT2D eigenvalue weighted by molar-refractivity contribution is 0.244. The van der Waals surface area contributed by atoms with Crippen LogP contribution in [-0.2, 0) is 0 Å². The molecule has 0 spiro atoms. The Morgan fingerprint density at radius 1 is 1.58 bits per heavy atom. The van der Waals surface area contributed by atoms with Gasteiger partial charge >= 0.3 is 0 Å². The fourth-order valence-electron chi connectivity index (χ4n) is 2.61. The van der Waals surface area contributed by atoms with Crippen LogP contribution in [0.4, 0.5) is 5.69 Å². The van der Waals surface area contributed by atoms with Crippen LogP contribution in [0.2, 0.25) is 0 Å². The summed E-state index contributed by atoms with van der Waals surface area (Å²) in [6, 6.07) is 1.75. The molecule has 1 aliphatic rings. The monoisotopic (exact) mass is 264 g/mol. The molecule has 0 saturated carbocycles. The maximum atomic E-state index is 9.05. The number of amidine groups is 1. The molecule has 0 bridgehead atoms. The first-order valence-electron chi connectivity index (χ1n) is 6.54. The average Bonchev–Trinajstić information content (AvgIpc) is 2.47. The minimum atomic E-state index is 0.0988. The van der Waals surface area contributed by atoms with Gasteiger partial charge in [0.05, 0.1) is 11.9 Å². The van der Waals surface area contributed by atoms with Gasteiger partial charge in [0.15, 0.2) is 5.84 Å². The number of aliphatic hydroxyl groups is 1. The van der Waals surface area contributed by atoms with Gasteiger partial charge in [0, 0.05) is 31.5 Å². The van der Waals surface area contributed by atoms with E-state index in [0.29, 0.717) is 11.5 Å². The van der Waals surface area contributed by atoms with Crippen LogP contribution < -0.4 is 10.6 Å². The van der Waals surface area contributed by atoms with Gasteiger partial charge in [-0.25, -0.2) is 0 Å². The summed E-state index contributed by atoms with van der Waals surface area (Å²) in [7, 11) is 0. The second kappa shape index (κ2) is 6.38. The Morgan fingerprint density at radius 2 is 2.42 bits per heavy atom. The van der Waals surface area contributed by atoms with Crippen molar-refractivity contribution in [3.05, 3.63) is 24.0 Å². The van der Waals surface area contributed by atoms with E-state index in [9.17, 15) is 0 Å². The van der Waals surface area contributed by atoms with Crippen molar-refractivity contribution in [3.63, 3.8) is 0 Å². The molecule has 6 nitrogen and oxygen atoms in total. The maximum Gasteiger partial charge on any atom is 0.172 e. The SMILES string of the molecule is N/C(=N/O)c1ccncc1N1CCCC(CCO)C1. The molecule has 1 aromatic rings. The molecule has 2 heterocycles. The highest BCUT2D eigenvalue weighted by atomic mass is 16.4. The quantitative estimate of drug-likeness (QED) is 0.323. The van der Waals surface area contributed by atoms with Crippen LogP contribution in [0.3, 0.4) is 0 Å². The second-order valence-corrected chi connectivity index (χ2v) is 4.84. The number of rotatable bonds is 4. The first-order chi connectivity index (χ1) is 9.26. The van der Waals surface area contributed by atoms with E-state index in [0.717, 1.165) is 38.0 Å². The third-order valence-electron chi connectivity index (χ3n) is 3.58. The summed E-state index contributed by atoms with van der Waals surface area (Å²) in [6.45, 7) is 2.02. The second-order valence-electron chi connectivity index (χ2n) is 4.84. The maximum absolute atomic E-state index is 9.05. The van der Waals surface area contributed by atoms with Crippen LogP contribution in [-0.4, -0.2) is 40.8 Å². The van der Waals surface area contributed by atoms with E-state index < -0.39 is 0 Å². The van der Waals surface area contributed by atoms with E-state index in [1.807, 2.05) is 0 Å². The van der Waals surface area contributed by atoms with Crippen molar-refractivity contribution in [1.82, 2.24) is 4.98 Å². The van der Waals surface area contributed by atoms with Crippen LogP contribution >= 0.6 is 0 Å². The first-order valence-corrected chi connectivity index (χ1v) is 6.54. The number of nitrogens with zero attached hydrogens (tertiary/aromatic N) is 3. The summed E-state index contributed by atoms with van der Waals surface area (Å²) >= 11 is 0. The number of nitrogens with two attached hydrogens (primary N) is 1. The molecule has 0 aliphatic carbocycles. The molecule has 1 aromatic heterocycles. The van der Waals surface area contributed by atoms with Crippen molar-refractivity contribution in [3.8, 4) is 0 Å². The predicted molar refractivity (Wildman–Crippen MR) is 73.4 cm³/mol. The lowest BCUT2D eigenvalue weighted by Crippen LogP contribution is -2.37. The van der Waals surface area contributed by atoms with Gasteiger partial charge in [0.1, 0.15) is 0 Å². The number of hydrogen-bond donors (Lipinski definition) is 3. The van der Waals surface area contributed by atoms with Gasteiger partial charge in [-0.2, -0.15) is 0 Å². The lowest BCUT2D eigenvalue weighted by atomic mass is 9.94. The minimum absolute atomic E-state index is 0.0988. The van der Waals surface area contributed by atoms with Crippen molar-refractivity contribution in [2.75, 3.05) is 24.6 Å². The van der Waals surface area contributed by atoms with E-state index in [1.165, 1.54) is 0 Å². The summed E-state index contributed by atoms with van der Waals surface area (Å²) in [6.07, 6.45) is 6.40. The number of anilines is 1. The number of piperidine rings is 1. The Hall–Kier alpha value is -1.82. The first kappa shape index (κ1) is 13.6. The smallest absolute Gasteiger partial charge is 0.172 e. The predicted octanol–water partition coefficient (Wildman–Crippen LogP) is 0.775. The van der Waals surface area contributed by atoms with E-state index in [-0.39, 0.29) is 12.4 Å². The summed E-state index contributed by atoms with van der Waals surface area (Å²) in [5.74, 6) is 0.584. The van der Waals surface area contributed by atoms with Crippen LogP contribution in [0.15, 0.2) is 23.6 Å². The summed E-state index contributed by atoms with van der Waals surface area (Å²) in [5.41, 5.74) is 7.29. The highest BCUT2D eigenvalue weighted by Gasteiger charge is 2.22. The van der Waals surface area contributed by atoms with Gasteiger partial charge in [-0.15, -0.1) is 0 Å². The zero-order valence-electron chi connectivity index (χ0n) is 10.9. The van der Waals surface area contributed by atoms with E-state index >= 15 is 0 Å². The highest BCUT2D eigenvalue weighted by Crippen LogP contribution is 2.26. The van der Waals surface area contributed by atoms with E-state index in [1.54, 1.807) is 18.5 Å². The largest absolute Gasteiger partial charge is 0.409 e. The molecule has 104 valence electrons. The van der Waals surface area contributed by atoms with Crippen LogP contribution in [0, 0.1) is 5.92 Å². The van der Waals surface area contributed by atoms with Crippen molar-refractivity contribution < 1.29 is 10.3 Å². The molecule has 4 N–H and O–H groups in total. The van der Waals surface area contributed by atoms with Crippen molar-refractivity contribution in [2.45, 2.75) is 19.3 Å². The molecule has 1 fully saturated rings. The zero-order valence-corrected chi connectivity index (χ0v) is 10.9. The van der Waals surface area contributed by atoms with Crippen LogP contribution in [0.25, 0.3) is 0 Å². The Morgan fingerprint density at radius 3 is 3.16 bits per heavy atom. The fraction of sp³-hybridized carbons (Fsp3) is 0.538. The lowest BCUT2D eigenvalue weighted by Gasteiger charge is -2.35. The molecule has 0 radical (unpaired) electrons. The van der Waals surface area contributed by atoms with E-state index in [4.69, 9.17) is 16.0 Å². The van der Waals surface area contributed by atoms with Gasteiger partial charge < -0.3 is 20.9 Å². The van der Waals surface area contributed by atoms with Crippen LogP contribution in [0.5, 0.6) is 0 Å². The van der Waals surface area contributed by atoms with Gasteiger partial charge in [0.25, 0.3) is 0 Å². The molecule has 1 unspecified atom stereocenters. The van der Waals surface area contributed by atoms with Gasteiger partial charge in [-0.05, 0) is 31.2 Å². The Balaban J connectivity index is 2.21. The minimum Gasteiger partial charge on any atom is -0.409 e. The molecule has 1 saturated heterocycles. The third kappa shape index (κ3) is 3.14. The number of aromatic nitrogens is 1. The van der Waals surface area contributed by atoms with Crippen LogP contribution in [0.1, 0.15) is 24.8 Å². The molecule has 1 atom stereocenters. The molecule has 0 aromatic carbocycles. The standard InChI is InChI=1S/C13H20N4O2/c14-13(16-19)11-3-5-15-8-12(11)17-6-1-2-10(9-17)4-7-18/h3,5,8,10,18-19H,1-2,4,6-7,9H2,(H2,14,16). The average molecular weight is 264 g/mol. The Kier molecular flexibility index (Phi) is 4.57. The number of hydrogen-bond acceptors (Lipinski definition) is 5. The molecule has 0 amide bonds. The zero-order chi connectivity index (χ0) is 13.7. The van der Waals surface area contributed by atoms with Gasteiger partial charge in [0.2, 0.25) is 0 Å². The summed E-state index contributed by atoms with van der Waals surface area (Å²) < 4.78 is 0. The molecule has 19 heavy (non-hydrogen) atoms. The number of oxime groups is 1. The molecule has 6 heteroatoms. The number of aliphatic hydroxyl groups excluding tert-OH is 1. The molecular formula is C13H20N4O2. The Bertz CT molecular complexity index is 448. The molecule has 1 aliphatic heterocycles. The molecular weight excluding hydrogens is 244 g/mol. The van der Waals surface area contributed by atoms with Crippen molar-refractivity contribution in [2.24, 2.45) is 16.8 Å². The van der Waals surface area contributed by atoms with E-state index in [2.05, 4.69) is 15.0 Å².